The Morgan fingerprint density at radius 1 is 0.737 bits per heavy atom. The molecule has 0 aromatic carbocycles. The van der Waals surface area contributed by atoms with Crippen LogP contribution in [0.15, 0.2) is 34.9 Å². The van der Waals surface area contributed by atoms with Crippen LogP contribution in [0.4, 0.5) is 0 Å². The van der Waals surface area contributed by atoms with E-state index in [1.165, 1.54) is 23.1 Å². The van der Waals surface area contributed by atoms with E-state index in [-0.39, 0.29) is 0 Å². The van der Waals surface area contributed by atoms with E-state index >= 15 is 0 Å². The molecule has 0 fully saturated rings. The highest BCUT2D eigenvalue weighted by molar-refractivity contribution is 5.49. The molecule has 0 unspecified atom stereocenters. The molecule has 0 heterocycles. The van der Waals surface area contributed by atoms with Crippen molar-refractivity contribution in [3.8, 4) is 0 Å². The van der Waals surface area contributed by atoms with E-state index in [0.717, 1.165) is 38.4 Å². The fourth-order valence-electron chi connectivity index (χ4n) is 1.89. The molecular weight excluding hydrogens is 232 g/mol. The van der Waals surface area contributed by atoms with Crippen LogP contribution in [0.2, 0.25) is 0 Å². The molecule has 0 amide bonds. The van der Waals surface area contributed by atoms with Crippen molar-refractivity contribution in [2.75, 3.05) is 0 Å². The zero-order valence-corrected chi connectivity index (χ0v) is 13.2. The van der Waals surface area contributed by atoms with Gasteiger partial charge in [0.15, 0.2) is 0 Å². The standard InChI is InChI=1S/C18H30O/c1-16(2)10-8-12-18(4)14-9-13-17(3)11-6-5-7-15-19/h10-11,14-15H,5-9,12-13H2,1-4H3. The number of carbonyl (C=O) groups excluding carboxylic acids is 1. The Labute approximate surface area is 119 Å². The first-order valence-corrected chi connectivity index (χ1v) is 7.44. The van der Waals surface area contributed by atoms with Gasteiger partial charge in [0.05, 0.1) is 0 Å². The molecule has 0 radical (unpaired) electrons. The summed E-state index contributed by atoms with van der Waals surface area (Å²) in [5.74, 6) is 0. The smallest absolute Gasteiger partial charge is 0.120 e. The molecule has 0 aliphatic carbocycles. The molecular formula is C18H30O. The molecule has 0 spiro atoms. The lowest BCUT2D eigenvalue weighted by Crippen LogP contribution is -1.81. The van der Waals surface area contributed by atoms with Gasteiger partial charge in [-0.3, -0.25) is 0 Å². The lowest BCUT2D eigenvalue weighted by molar-refractivity contribution is -0.107. The average Bonchev–Trinajstić information content (AvgIpc) is 2.34. The molecule has 0 atom stereocenters. The topological polar surface area (TPSA) is 17.1 Å². The second-order valence-corrected chi connectivity index (χ2v) is 5.56. The third kappa shape index (κ3) is 13.1. The predicted molar refractivity (Wildman–Crippen MR) is 85.3 cm³/mol. The van der Waals surface area contributed by atoms with Crippen LogP contribution in [0, 0.1) is 0 Å². The van der Waals surface area contributed by atoms with Crippen LogP contribution in [0.1, 0.15) is 72.6 Å². The molecule has 108 valence electrons. The number of unbranched alkanes of at least 4 members (excludes halogenated alkanes) is 2. The van der Waals surface area contributed by atoms with Crippen molar-refractivity contribution in [1.82, 2.24) is 0 Å². The quantitative estimate of drug-likeness (QED) is 0.277. The van der Waals surface area contributed by atoms with Crippen molar-refractivity contribution in [2.24, 2.45) is 0 Å². The summed E-state index contributed by atoms with van der Waals surface area (Å²) in [5, 5.41) is 0. The first-order valence-electron chi connectivity index (χ1n) is 7.44. The molecule has 19 heavy (non-hydrogen) atoms. The van der Waals surface area contributed by atoms with Gasteiger partial charge in [-0.1, -0.05) is 34.9 Å². The predicted octanol–water partition coefficient (Wildman–Crippen LogP) is 5.77. The SMILES string of the molecule is CC(C)=CCCC(C)=CCCC(C)=CCCCC=O. The highest BCUT2D eigenvalue weighted by Gasteiger charge is 1.92. The molecule has 0 saturated heterocycles. The minimum absolute atomic E-state index is 0.688. The molecule has 0 bridgehead atoms. The van der Waals surface area contributed by atoms with E-state index in [2.05, 4.69) is 45.9 Å². The van der Waals surface area contributed by atoms with Gasteiger partial charge in [-0.05, 0) is 66.2 Å². The van der Waals surface area contributed by atoms with Crippen molar-refractivity contribution < 1.29 is 4.79 Å². The fourth-order valence-corrected chi connectivity index (χ4v) is 1.89. The normalized spacial score (nSPS) is 12.4. The second kappa shape index (κ2) is 12.0. The molecule has 0 saturated carbocycles. The Morgan fingerprint density at radius 3 is 1.79 bits per heavy atom. The van der Waals surface area contributed by atoms with Gasteiger partial charge in [-0.2, -0.15) is 0 Å². The number of allylic oxidation sites excluding steroid dienone is 6. The van der Waals surface area contributed by atoms with Gasteiger partial charge in [0.25, 0.3) is 0 Å². The molecule has 0 aromatic heterocycles. The minimum atomic E-state index is 0.688. The maximum absolute atomic E-state index is 10.2. The summed E-state index contributed by atoms with van der Waals surface area (Å²) in [6.45, 7) is 8.71. The van der Waals surface area contributed by atoms with Crippen molar-refractivity contribution >= 4 is 6.29 Å². The lowest BCUT2D eigenvalue weighted by atomic mass is 10.1. The van der Waals surface area contributed by atoms with E-state index in [9.17, 15) is 4.79 Å². The largest absolute Gasteiger partial charge is 0.303 e. The van der Waals surface area contributed by atoms with Crippen LogP contribution >= 0.6 is 0 Å². The molecule has 0 aliphatic heterocycles. The number of aldehydes is 1. The maximum atomic E-state index is 10.2. The van der Waals surface area contributed by atoms with Gasteiger partial charge < -0.3 is 4.79 Å². The van der Waals surface area contributed by atoms with Crippen LogP contribution in [-0.2, 0) is 4.79 Å². The molecule has 0 N–H and O–H groups in total. The lowest BCUT2D eigenvalue weighted by Gasteiger charge is -2.01. The Balaban J connectivity index is 3.80. The van der Waals surface area contributed by atoms with Crippen LogP contribution in [0.25, 0.3) is 0 Å². The first-order chi connectivity index (χ1) is 9.06. The van der Waals surface area contributed by atoms with Crippen molar-refractivity contribution in [3.63, 3.8) is 0 Å². The summed E-state index contributed by atoms with van der Waals surface area (Å²) in [6, 6.07) is 0. The Morgan fingerprint density at radius 2 is 1.26 bits per heavy atom. The monoisotopic (exact) mass is 262 g/mol. The summed E-state index contributed by atoms with van der Waals surface area (Å²) in [7, 11) is 0. The highest BCUT2D eigenvalue weighted by atomic mass is 16.1. The number of rotatable bonds is 10. The molecule has 0 aromatic rings. The Hall–Kier alpha value is -1.11. The van der Waals surface area contributed by atoms with E-state index in [4.69, 9.17) is 0 Å². The van der Waals surface area contributed by atoms with E-state index in [1.807, 2.05) is 0 Å². The summed E-state index contributed by atoms with van der Waals surface area (Å²) in [5.41, 5.74) is 4.34. The summed E-state index contributed by atoms with van der Waals surface area (Å²) < 4.78 is 0. The number of hydrogen-bond acceptors (Lipinski definition) is 1. The minimum Gasteiger partial charge on any atom is -0.303 e. The van der Waals surface area contributed by atoms with E-state index in [1.54, 1.807) is 0 Å². The summed E-state index contributed by atoms with van der Waals surface area (Å²) >= 11 is 0. The van der Waals surface area contributed by atoms with E-state index < -0.39 is 0 Å². The average molecular weight is 262 g/mol. The van der Waals surface area contributed by atoms with Gasteiger partial charge in [0.1, 0.15) is 6.29 Å². The van der Waals surface area contributed by atoms with Gasteiger partial charge in [0, 0.05) is 6.42 Å². The summed E-state index contributed by atoms with van der Waals surface area (Å²) in [4.78, 5) is 10.2. The van der Waals surface area contributed by atoms with Gasteiger partial charge >= 0.3 is 0 Å². The van der Waals surface area contributed by atoms with Crippen LogP contribution in [0.3, 0.4) is 0 Å². The fraction of sp³-hybridized carbons (Fsp3) is 0.611. The molecule has 0 rings (SSSR count). The second-order valence-electron chi connectivity index (χ2n) is 5.56. The van der Waals surface area contributed by atoms with Crippen LogP contribution in [-0.4, -0.2) is 6.29 Å². The molecule has 1 heteroatoms. The number of hydrogen-bond donors (Lipinski definition) is 0. The van der Waals surface area contributed by atoms with Gasteiger partial charge in [0.2, 0.25) is 0 Å². The van der Waals surface area contributed by atoms with Crippen LogP contribution in [0.5, 0.6) is 0 Å². The Kier molecular flexibility index (Phi) is 11.3. The maximum Gasteiger partial charge on any atom is 0.120 e. The summed E-state index contributed by atoms with van der Waals surface area (Å²) in [6.07, 6.45) is 15.3. The first kappa shape index (κ1) is 17.9. The zero-order chi connectivity index (χ0) is 14.5. The van der Waals surface area contributed by atoms with Crippen molar-refractivity contribution in [3.05, 3.63) is 34.9 Å². The zero-order valence-electron chi connectivity index (χ0n) is 13.2. The van der Waals surface area contributed by atoms with E-state index in [0.29, 0.717) is 6.42 Å². The number of carbonyl (C=O) groups is 1. The highest BCUT2D eigenvalue weighted by Crippen LogP contribution is 2.12. The van der Waals surface area contributed by atoms with Crippen LogP contribution < -0.4 is 0 Å². The van der Waals surface area contributed by atoms with Crippen molar-refractivity contribution in [2.45, 2.75) is 72.6 Å². The van der Waals surface area contributed by atoms with Gasteiger partial charge in [-0.15, -0.1) is 0 Å². The molecule has 1 nitrogen and oxygen atoms in total. The third-order valence-electron chi connectivity index (χ3n) is 3.14. The van der Waals surface area contributed by atoms with Gasteiger partial charge in [-0.25, -0.2) is 0 Å². The van der Waals surface area contributed by atoms with Crippen molar-refractivity contribution in [1.29, 1.82) is 0 Å². The Bertz CT molecular complexity index is 328. The molecule has 0 aliphatic rings. The third-order valence-corrected chi connectivity index (χ3v) is 3.14.